The highest BCUT2D eigenvalue weighted by molar-refractivity contribution is 7.17. The first-order chi connectivity index (χ1) is 7.59. The number of carbonyl (C=O) groups is 1. The molecule has 5 nitrogen and oxygen atoms in total. The molecule has 2 rings (SSSR count). The van der Waals surface area contributed by atoms with Gasteiger partial charge in [-0.3, -0.25) is 14.2 Å². The third-order valence-electron chi connectivity index (χ3n) is 2.32. The molecule has 0 unspecified atom stereocenters. The molecule has 0 aromatic carbocycles. The van der Waals surface area contributed by atoms with Gasteiger partial charge in [0, 0.05) is 13.0 Å². The summed E-state index contributed by atoms with van der Waals surface area (Å²) in [4.78, 5) is 26.8. The number of thiophene rings is 1. The van der Waals surface area contributed by atoms with Gasteiger partial charge in [0.1, 0.15) is 4.70 Å². The van der Waals surface area contributed by atoms with Crippen molar-refractivity contribution in [1.29, 1.82) is 0 Å². The third kappa shape index (κ3) is 1.83. The Morgan fingerprint density at radius 1 is 1.62 bits per heavy atom. The number of nitrogens with two attached hydrogens (primary N) is 1. The highest BCUT2D eigenvalue weighted by Crippen LogP contribution is 2.19. The van der Waals surface area contributed by atoms with Gasteiger partial charge in [0.05, 0.1) is 11.8 Å². The largest absolute Gasteiger partial charge is 0.370 e. The van der Waals surface area contributed by atoms with Crippen molar-refractivity contribution in [1.82, 2.24) is 9.55 Å². The number of rotatable bonds is 3. The van der Waals surface area contributed by atoms with E-state index in [1.807, 2.05) is 12.3 Å². The molecule has 2 aromatic heterocycles. The first kappa shape index (κ1) is 10.8. The van der Waals surface area contributed by atoms with Crippen molar-refractivity contribution >= 4 is 27.5 Å². The molecule has 84 valence electrons. The van der Waals surface area contributed by atoms with Crippen LogP contribution in [0.5, 0.6) is 0 Å². The van der Waals surface area contributed by atoms with E-state index in [4.69, 9.17) is 5.73 Å². The topological polar surface area (TPSA) is 78.0 Å². The summed E-state index contributed by atoms with van der Waals surface area (Å²) in [6.07, 6.45) is 1.62. The summed E-state index contributed by atoms with van der Waals surface area (Å²) in [5.41, 5.74) is 6.67. The van der Waals surface area contributed by atoms with E-state index >= 15 is 0 Å². The van der Waals surface area contributed by atoms with Crippen LogP contribution in [-0.2, 0) is 11.3 Å². The van der Waals surface area contributed by atoms with Crippen molar-refractivity contribution in [3.05, 3.63) is 27.6 Å². The van der Waals surface area contributed by atoms with Gasteiger partial charge < -0.3 is 5.73 Å². The van der Waals surface area contributed by atoms with Crippen molar-refractivity contribution < 1.29 is 4.79 Å². The summed E-state index contributed by atoms with van der Waals surface area (Å²) in [6, 6.07) is 0. The van der Waals surface area contributed by atoms with Crippen LogP contribution in [-0.4, -0.2) is 15.5 Å². The molecule has 0 saturated carbocycles. The fraction of sp³-hybridized carbons (Fsp3) is 0.300. The number of carbonyl (C=O) groups excluding carboxylic acids is 1. The van der Waals surface area contributed by atoms with Crippen LogP contribution in [0.25, 0.3) is 10.2 Å². The van der Waals surface area contributed by atoms with E-state index in [2.05, 4.69) is 4.98 Å². The number of aryl methyl sites for hydroxylation is 2. The fourth-order valence-corrected chi connectivity index (χ4v) is 2.40. The van der Waals surface area contributed by atoms with Gasteiger partial charge in [-0.05, 0) is 17.9 Å². The highest BCUT2D eigenvalue weighted by atomic mass is 32.1. The van der Waals surface area contributed by atoms with Gasteiger partial charge in [-0.2, -0.15) is 0 Å². The van der Waals surface area contributed by atoms with Crippen LogP contribution in [0.1, 0.15) is 12.0 Å². The minimum atomic E-state index is -0.422. The molecule has 2 heterocycles. The average Bonchev–Trinajstić information content (AvgIpc) is 2.60. The van der Waals surface area contributed by atoms with Crippen LogP contribution in [0.3, 0.4) is 0 Å². The molecule has 0 spiro atoms. The third-order valence-corrected chi connectivity index (χ3v) is 3.40. The van der Waals surface area contributed by atoms with Crippen LogP contribution in [0, 0.1) is 6.92 Å². The SMILES string of the molecule is Cc1csc2c(=O)n(CCC(N)=O)cnc12. The van der Waals surface area contributed by atoms with Crippen LogP contribution in [0.15, 0.2) is 16.5 Å². The van der Waals surface area contributed by atoms with E-state index in [-0.39, 0.29) is 18.5 Å². The lowest BCUT2D eigenvalue weighted by Crippen LogP contribution is -2.23. The molecular weight excluding hydrogens is 226 g/mol. The molecule has 0 aliphatic heterocycles. The Kier molecular flexibility index (Phi) is 2.74. The van der Waals surface area contributed by atoms with E-state index in [1.165, 1.54) is 22.2 Å². The molecule has 0 aliphatic carbocycles. The van der Waals surface area contributed by atoms with E-state index in [0.717, 1.165) is 11.1 Å². The van der Waals surface area contributed by atoms with Crippen molar-refractivity contribution in [3.63, 3.8) is 0 Å². The van der Waals surface area contributed by atoms with Gasteiger partial charge in [-0.15, -0.1) is 11.3 Å². The Bertz CT molecular complexity index is 600. The molecule has 0 bridgehead atoms. The summed E-state index contributed by atoms with van der Waals surface area (Å²) in [5, 5.41) is 1.90. The zero-order chi connectivity index (χ0) is 11.7. The molecule has 2 aromatic rings. The molecule has 16 heavy (non-hydrogen) atoms. The first-order valence-electron chi connectivity index (χ1n) is 4.81. The molecule has 2 N–H and O–H groups in total. The second-order valence-electron chi connectivity index (χ2n) is 3.56. The quantitative estimate of drug-likeness (QED) is 0.851. The molecule has 0 fully saturated rings. The van der Waals surface area contributed by atoms with Gasteiger partial charge in [-0.25, -0.2) is 4.98 Å². The monoisotopic (exact) mass is 237 g/mol. The predicted octanol–water partition coefficient (Wildman–Crippen LogP) is 0.642. The zero-order valence-corrected chi connectivity index (χ0v) is 9.58. The minimum Gasteiger partial charge on any atom is -0.370 e. The second-order valence-corrected chi connectivity index (χ2v) is 4.44. The van der Waals surface area contributed by atoms with Crippen LogP contribution in [0.4, 0.5) is 0 Å². The van der Waals surface area contributed by atoms with Gasteiger partial charge in [0.15, 0.2) is 0 Å². The molecule has 6 heteroatoms. The summed E-state index contributed by atoms with van der Waals surface area (Å²) in [5.74, 6) is -0.422. The van der Waals surface area contributed by atoms with Crippen LogP contribution < -0.4 is 11.3 Å². The van der Waals surface area contributed by atoms with Gasteiger partial charge >= 0.3 is 0 Å². The Balaban J connectivity index is 2.45. The number of hydrogen-bond donors (Lipinski definition) is 1. The Morgan fingerprint density at radius 2 is 2.38 bits per heavy atom. The average molecular weight is 237 g/mol. The van der Waals surface area contributed by atoms with E-state index in [0.29, 0.717) is 4.70 Å². The minimum absolute atomic E-state index is 0.107. The van der Waals surface area contributed by atoms with Gasteiger partial charge in [0.2, 0.25) is 5.91 Å². The summed E-state index contributed by atoms with van der Waals surface area (Å²) in [6.45, 7) is 2.20. The number of primary amides is 1. The normalized spacial score (nSPS) is 10.8. The molecular formula is C10H11N3O2S. The Hall–Kier alpha value is -1.69. The van der Waals surface area contributed by atoms with Gasteiger partial charge in [-0.1, -0.05) is 0 Å². The van der Waals surface area contributed by atoms with Crippen molar-refractivity contribution in [3.8, 4) is 0 Å². The van der Waals surface area contributed by atoms with Crippen LogP contribution in [0.2, 0.25) is 0 Å². The van der Waals surface area contributed by atoms with Crippen molar-refractivity contribution in [2.45, 2.75) is 19.9 Å². The number of aromatic nitrogens is 2. The predicted molar refractivity (Wildman–Crippen MR) is 62.4 cm³/mol. The van der Waals surface area contributed by atoms with E-state index in [9.17, 15) is 9.59 Å². The summed E-state index contributed by atoms with van der Waals surface area (Å²) >= 11 is 1.38. The standard InChI is InChI=1S/C10H11N3O2S/c1-6-4-16-9-8(6)12-5-13(10(9)15)3-2-7(11)14/h4-5H,2-3H2,1H3,(H2,11,14). The first-order valence-corrected chi connectivity index (χ1v) is 5.69. The molecule has 0 atom stereocenters. The Morgan fingerprint density at radius 3 is 3.06 bits per heavy atom. The number of amides is 1. The maximum absolute atomic E-state index is 11.9. The number of fused-ring (bicyclic) bond motifs is 1. The number of nitrogens with zero attached hydrogens (tertiary/aromatic N) is 2. The van der Waals surface area contributed by atoms with Crippen LogP contribution >= 0.6 is 11.3 Å². The van der Waals surface area contributed by atoms with E-state index in [1.54, 1.807) is 0 Å². The van der Waals surface area contributed by atoms with Crippen molar-refractivity contribution in [2.75, 3.05) is 0 Å². The second kappa shape index (κ2) is 4.05. The van der Waals surface area contributed by atoms with E-state index < -0.39 is 5.91 Å². The van der Waals surface area contributed by atoms with Crippen molar-refractivity contribution in [2.24, 2.45) is 5.73 Å². The molecule has 1 amide bonds. The lowest BCUT2D eigenvalue weighted by molar-refractivity contribution is -0.118. The zero-order valence-electron chi connectivity index (χ0n) is 8.77. The molecule has 0 saturated heterocycles. The highest BCUT2D eigenvalue weighted by Gasteiger charge is 2.08. The van der Waals surface area contributed by atoms with Gasteiger partial charge in [0.25, 0.3) is 5.56 Å². The number of hydrogen-bond acceptors (Lipinski definition) is 4. The smallest absolute Gasteiger partial charge is 0.271 e. The lowest BCUT2D eigenvalue weighted by atomic mass is 10.3. The lowest BCUT2D eigenvalue weighted by Gasteiger charge is -2.02. The maximum Gasteiger partial charge on any atom is 0.271 e. The summed E-state index contributed by atoms with van der Waals surface area (Å²) < 4.78 is 2.05. The molecule has 0 aliphatic rings. The molecule has 0 radical (unpaired) electrons. The maximum atomic E-state index is 11.9. The summed E-state index contributed by atoms with van der Waals surface area (Å²) in [7, 11) is 0. The Labute approximate surface area is 95.5 Å². The fourth-order valence-electron chi connectivity index (χ4n) is 1.45.